The fourth-order valence-corrected chi connectivity index (χ4v) is 3.67. The Morgan fingerprint density at radius 2 is 1.74 bits per heavy atom. The molecule has 0 saturated heterocycles. The fraction of sp³-hybridized carbons (Fsp3) is 0.0476. The van der Waals surface area contributed by atoms with E-state index in [1.165, 1.54) is 12.1 Å². The first-order valence-electron chi connectivity index (χ1n) is 8.34. The summed E-state index contributed by atoms with van der Waals surface area (Å²) in [5.41, 5.74) is 2.73. The molecule has 0 unspecified atom stereocenters. The second-order valence-electron chi connectivity index (χ2n) is 5.92. The molecule has 1 aromatic heterocycles. The van der Waals surface area contributed by atoms with Crippen LogP contribution in [0.15, 0.2) is 78.0 Å². The lowest BCUT2D eigenvalue weighted by molar-refractivity contribution is 0.628. The van der Waals surface area contributed by atoms with Crippen LogP contribution >= 0.6 is 23.4 Å². The maximum absolute atomic E-state index is 13.2. The number of hydrogen-bond donors (Lipinski definition) is 1. The van der Waals surface area contributed by atoms with E-state index in [9.17, 15) is 4.39 Å². The van der Waals surface area contributed by atoms with Crippen LogP contribution in [0, 0.1) is 5.82 Å². The zero-order valence-electron chi connectivity index (χ0n) is 14.2. The number of thioether (sulfide) groups is 1. The lowest BCUT2D eigenvalue weighted by Crippen LogP contribution is -1.99. The minimum Gasteiger partial charge on any atom is -0.340 e. The second kappa shape index (κ2) is 7.94. The predicted molar refractivity (Wildman–Crippen MR) is 110 cm³/mol. The Morgan fingerprint density at radius 1 is 0.926 bits per heavy atom. The van der Waals surface area contributed by atoms with Gasteiger partial charge in [-0.05, 0) is 54.1 Å². The molecule has 0 radical (unpaired) electrons. The molecule has 134 valence electrons. The van der Waals surface area contributed by atoms with Crippen molar-refractivity contribution >= 4 is 45.8 Å². The summed E-state index contributed by atoms with van der Waals surface area (Å²) in [5.74, 6) is 1.14. The third kappa shape index (κ3) is 4.38. The van der Waals surface area contributed by atoms with E-state index in [2.05, 4.69) is 15.3 Å². The van der Waals surface area contributed by atoms with Crippen LogP contribution in [0.1, 0.15) is 5.56 Å². The van der Waals surface area contributed by atoms with Gasteiger partial charge in [-0.1, -0.05) is 47.6 Å². The van der Waals surface area contributed by atoms with Crippen molar-refractivity contribution in [1.29, 1.82) is 0 Å². The topological polar surface area (TPSA) is 37.8 Å². The van der Waals surface area contributed by atoms with Crippen LogP contribution in [-0.4, -0.2) is 9.97 Å². The van der Waals surface area contributed by atoms with Gasteiger partial charge >= 0.3 is 0 Å². The van der Waals surface area contributed by atoms with E-state index in [4.69, 9.17) is 11.6 Å². The van der Waals surface area contributed by atoms with Crippen molar-refractivity contribution in [2.45, 2.75) is 10.9 Å². The third-order valence-corrected chi connectivity index (χ3v) is 5.10. The van der Waals surface area contributed by atoms with Gasteiger partial charge in [-0.3, -0.25) is 0 Å². The molecule has 0 aliphatic heterocycles. The number of para-hydroxylation sites is 1. The summed E-state index contributed by atoms with van der Waals surface area (Å²) in [4.78, 5) is 9.32. The molecule has 27 heavy (non-hydrogen) atoms. The number of nitrogens with zero attached hydrogens (tertiary/aromatic N) is 2. The van der Waals surface area contributed by atoms with E-state index in [0.717, 1.165) is 27.9 Å². The van der Waals surface area contributed by atoms with Gasteiger partial charge in [0.15, 0.2) is 5.16 Å². The normalized spacial score (nSPS) is 10.9. The van der Waals surface area contributed by atoms with E-state index in [1.54, 1.807) is 23.9 Å². The number of anilines is 2. The maximum atomic E-state index is 13.2. The first kappa shape index (κ1) is 17.8. The lowest BCUT2D eigenvalue weighted by atomic mass is 10.2. The molecule has 4 aromatic rings. The van der Waals surface area contributed by atoms with E-state index >= 15 is 0 Å². The van der Waals surface area contributed by atoms with Crippen LogP contribution in [0.3, 0.4) is 0 Å². The quantitative estimate of drug-likeness (QED) is 0.311. The maximum Gasteiger partial charge on any atom is 0.190 e. The molecule has 3 aromatic carbocycles. The molecule has 1 heterocycles. The van der Waals surface area contributed by atoms with Crippen molar-refractivity contribution in [2.75, 3.05) is 5.32 Å². The summed E-state index contributed by atoms with van der Waals surface area (Å²) >= 11 is 7.60. The molecule has 0 aliphatic rings. The number of rotatable bonds is 5. The van der Waals surface area contributed by atoms with E-state index in [1.807, 2.05) is 48.5 Å². The van der Waals surface area contributed by atoms with Gasteiger partial charge in [0, 0.05) is 21.8 Å². The zero-order chi connectivity index (χ0) is 18.6. The van der Waals surface area contributed by atoms with Gasteiger partial charge in [0.25, 0.3) is 0 Å². The van der Waals surface area contributed by atoms with Crippen LogP contribution in [0.2, 0.25) is 5.02 Å². The number of nitrogens with one attached hydrogen (secondary N) is 1. The van der Waals surface area contributed by atoms with Gasteiger partial charge < -0.3 is 5.32 Å². The monoisotopic (exact) mass is 395 g/mol. The Hall–Kier alpha value is -2.63. The first-order chi connectivity index (χ1) is 13.2. The summed E-state index contributed by atoms with van der Waals surface area (Å²) in [7, 11) is 0. The van der Waals surface area contributed by atoms with Crippen molar-refractivity contribution in [3.05, 3.63) is 89.2 Å². The lowest BCUT2D eigenvalue weighted by Gasteiger charge is -2.11. The molecule has 0 bridgehead atoms. The molecule has 0 spiro atoms. The number of benzene rings is 3. The van der Waals surface area contributed by atoms with Crippen molar-refractivity contribution in [2.24, 2.45) is 0 Å². The van der Waals surface area contributed by atoms with Crippen molar-refractivity contribution in [3.63, 3.8) is 0 Å². The Labute approximate surface area is 165 Å². The SMILES string of the molecule is Fc1ccc(Nc2nc(SCc3cccc(Cl)c3)nc3ccccc23)cc1. The Kier molecular flexibility index (Phi) is 5.23. The standard InChI is InChI=1S/C21H15ClFN3S/c22-15-5-3-4-14(12-15)13-27-21-25-19-7-2-1-6-18(19)20(26-21)24-17-10-8-16(23)9-11-17/h1-12H,13H2,(H,24,25,26). The van der Waals surface area contributed by atoms with Crippen LogP contribution in [0.25, 0.3) is 10.9 Å². The summed E-state index contributed by atoms with van der Waals surface area (Å²) in [6, 6.07) is 21.8. The van der Waals surface area contributed by atoms with Gasteiger partial charge in [-0.25, -0.2) is 14.4 Å². The summed E-state index contributed by atoms with van der Waals surface area (Å²) in [6.07, 6.45) is 0. The number of halogens is 2. The van der Waals surface area contributed by atoms with Gasteiger partial charge in [-0.15, -0.1) is 0 Å². The van der Waals surface area contributed by atoms with Crippen LogP contribution in [0.4, 0.5) is 15.9 Å². The highest BCUT2D eigenvalue weighted by Crippen LogP contribution is 2.28. The molecule has 0 fully saturated rings. The summed E-state index contributed by atoms with van der Waals surface area (Å²) in [6.45, 7) is 0. The zero-order valence-corrected chi connectivity index (χ0v) is 15.8. The van der Waals surface area contributed by atoms with Gasteiger partial charge in [-0.2, -0.15) is 0 Å². The fourth-order valence-electron chi connectivity index (χ4n) is 2.66. The summed E-state index contributed by atoms with van der Waals surface area (Å²) < 4.78 is 13.2. The third-order valence-electron chi connectivity index (χ3n) is 3.95. The van der Waals surface area contributed by atoms with Gasteiger partial charge in [0.1, 0.15) is 11.6 Å². The molecular weight excluding hydrogens is 381 g/mol. The predicted octanol–water partition coefficient (Wildman–Crippen LogP) is 6.46. The Bertz CT molecular complexity index is 1090. The van der Waals surface area contributed by atoms with E-state index < -0.39 is 0 Å². The molecule has 1 N–H and O–H groups in total. The molecule has 6 heteroatoms. The molecule has 0 saturated carbocycles. The van der Waals surface area contributed by atoms with Crippen molar-refractivity contribution in [3.8, 4) is 0 Å². The first-order valence-corrected chi connectivity index (χ1v) is 9.70. The molecule has 4 rings (SSSR count). The van der Waals surface area contributed by atoms with Crippen molar-refractivity contribution < 1.29 is 4.39 Å². The second-order valence-corrected chi connectivity index (χ2v) is 7.30. The Balaban J connectivity index is 1.64. The highest BCUT2D eigenvalue weighted by atomic mass is 35.5. The minimum absolute atomic E-state index is 0.272. The van der Waals surface area contributed by atoms with Gasteiger partial charge in [0.2, 0.25) is 0 Å². The largest absolute Gasteiger partial charge is 0.340 e. The average Bonchev–Trinajstić information content (AvgIpc) is 2.68. The molecular formula is C21H15ClFN3S. The van der Waals surface area contributed by atoms with Crippen LogP contribution in [-0.2, 0) is 5.75 Å². The van der Waals surface area contributed by atoms with Crippen LogP contribution < -0.4 is 5.32 Å². The van der Waals surface area contributed by atoms with Gasteiger partial charge in [0.05, 0.1) is 5.52 Å². The molecule has 3 nitrogen and oxygen atoms in total. The molecule has 0 aliphatic carbocycles. The number of hydrogen-bond acceptors (Lipinski definition) is 4. The minimum atomic E-state index is -0.272. The number of fused-ring (bicyclic) bond motifs is 1. The van der Waals surface area contributed by atoms with E-state index in [-0.39, 0.29) is 5.82 Å². The molecule has 0 amide bonds. The highest BCUT2D eigenvalue weighted by molar-refractivity contribution is 7.98. The molecule has 0 atom stereocenters. The number of aromatic nitrogens is 2. The van der Waals surface area contributed by atoms with Crippen LogP contribution in [0.5, 0.6) is 0 Å². The smallest absolute Gasteiger partial charge is 0.190 e. The summed E-state index contributed by atoms with van der Waals surface area (Å²) in [5, 5.41) is 5.56. The van der Waals surface area contributed by atoms with E-state index in [0.29, 0.717) is 16.0 Å². The average molecular weight is 396 g/mol. The Morgan fingerprint density at radius 3 is 2.56 bits per heavy atom. The highest BCUT2D eigenvalue weighted by Gasteiger charge is 2.09. The van der Waals surface area contributed by atoms with Crippen molar-refractivity contribution in [1.82, 2.24) is 9.97 Å².